The fourth-order valence-electron chi connectivity index (χ4n) is 2.71. The summed E-state index contributed by atoms with van der Waals surface area (Å²) in [6.45, 7) is 2.35. The van der Waals surface area contributed by atoms with Crippen molar-refractivity contribution in [2.75, 3.05) is 14.1 Å². The number of nitrogens with zero attached hydrogens (tertiary/aromatic N) is 1. The monoisotopic (exact) mass is 336 g/mol. The van der Waals surface area contributed by atoms with Crippen LogP contribution in [0.15, 0.2) is 48.7 Å². The summed E-state index contributed by atoms with van der Waals surface area (Å²) in [4.78, 5) is 28.9. The Morgan fingerprint density at radius 3 is 2.52 bits per heavy atom. The summed E-state index contributed by atoms with van der Waals surface area (Å²) in [5.41, 5.74) is 3.15. The highest BCUT2D eigenvalue weighted by atomic mass is 16.5. The fraction of sp³-hybridized carbons (Fsp3) is 0.200. The molecule has 0 bridgehead atoms. The van der Waals surface area contributed by atoms with E-state index < -0.39 is 11.7 Å². The van der Waals surface area contributed by atoms with E-state index in [1.54, 1.807) is 20.3 Å². The van der Waals surface area contributed by atoms with Crippen LogP contribution in [-0.2, 0) is 11.4 Å². The van der Waals surface area contributed by atoms with Crippen LogP contribution in [0.4, 0.5) is 0 Å². The van der Waals surface area contributed by atoms with Gasteiger partial charge in [0.1, 0.15) is 12.4 Å². The molecule has 0 unspecified atom stereocenters. The highest BCUT2D eigenvalue weighted by Gasteiger charge is 2.23. The van der Waals surface area contributed by atoms with Gasteiger partial charge in [-0.3, -0.25) is 9.59 Å². The SMILES string of the molecule is Cc1cc(OCc2ccccc2)c2c(C(=O)C(=O)N(C)C)c[nH]c2c1. The molecular formula is C20H20N2O3. The summed E-state index contributed by atoms with van der Waals surface area (Å²) < 4.78 is 5.98. The van der Waals surface area contributed by atoms with Gasteiger partial charge in [0.2, 0.25) is 0 Å². The first-order chi connectivity index (χ1) is 12.0. The summed E-state index contributed by atoms with van der Waals surface area (Å²) in [5, 5.41) is 0.640. The number of hydrogen-bond donors (Lipinski definition) is 1. The summed E-state index contributed by atoms with van der Waals surface area (Å²) in [6.07, 6.45) is 1.57. The van der Waals surface area contributed by atoms with E-state index in [2.05, 4.69) is 4.98 Å². The van der Waals surface area contributed by atoms with Crippen LogP contribution >= 0.6 is 0 Å². The number of benzene rings is 2. The Morgan fingerprint density at radius 2 is 1.84 bits per heavy atom. The third kappa shape index (κ3) is 3.40. The smallest absolute Gasteiger partial charge is 0.294 e. The molecule has 0 saturated heterocycles. The van der Waals surface area contributed by atoms with Gasteiger partial charge in [0, 0.05) is 20.3 Å². The number of ketones is 1. The minimum atomic E-state index is -0.560. The van der Waals surface area contributed by atoms with E-state index in [0.29, 0.717) is 23.3 Å². The zero-order valence-electron chi connectivity index (χ0n) is 14.5. The summed E-state index contributed by atoms with van der Waals surface area (Å²) in [5.74, 6) is -0.518. The number of ether oxygens (including phenoxy) is 1. The molecule has 0 aliphatic rings. The molecule has 0 atom stereocenters. The Bertz CT molecular complexity index is 927. The average molecular weight is 336 g/mol. The topological polar surface area (TPSA) is 62.4 Å². The molecule has 1 aromatic heterocycles. The molecule has 1 N–H and O–H groups in total. The van der Waals surface area contributed by atoms with Crippen LogP contribution in [0.1, 0.15) is 21.5 Å². The van der Waals surface area contributed by atoms with Crippen LogP contribution in [-0.4, -0.2) is 35.7 Å². The van der Waals surface area contributed by atoms with E-state index >= 15 is 0 Å². The number of aromatic nitrogens is 1. The lowest BCUT2D eigenvalue weighted by atomic mass is 10.1. The Balaban J connectivity index is 2.00. The zero-order chi connectivity index (χ0) is 18.0. The quantitative estimate of drug-likeness (QED) is 0.574. The second-order valence-electron chi connectivity index (χ2n) is 6.19. The van der Waals surface area contributed by atoms with Gasteiger partial charge in [-0.2, -0.15) is 0 Å². The number of hydrogen-bond acceptors (Lipinski definition) is 3. The van der Waals surface area contributed by atoms with Gasteiger partial charge in [0.25, 0.3) is 11.7 Å². The first-order valence-electron chi connectivity index (χ1n) is 8.02. The lowest BCUT2D eigenvalue weighted by Crippen LogP contribution is -2.29. The highest BCUT2D eigenvalue weighted by Crippen LogP contribution is 2.31. The maximum absolute atomic E-state index is 12.5. The van der Waals surface area contributed by atoms with E-state index in [4.69, 9.17) is 4.74 Å². The maximum atomic E-state index is 12.5. The molecule has 0 fully saturated rings. The Labute approximate surface area is 146 Å². The fourth-order valence-corrected chi connectivity index (χ4v) is 2.71. The number of likely N-dealkylation sites (N-methyl/N-ethyl adjacent to an activating group) is 1. The van der Waals surface area contributed by atoms with Crippen molar-refractivity contribution in [3.8, 4) is 5.75 Å². The van der Waals surface area contributed by atoms with Gasteiger partial charge in [-0.15, -0.1) is 0 Å². The molecule has 3 rings (SSSR count). The number of aryl methyl sites for hydroxylation is 1. The van der Waals surface area contributed by atoms with Crippen molar-refractivity contribution in [2.24, 2.45) is 0 Å². The number of carbonyl (C=O) groups excluding carboxylic acids is 2. The number of carbonyl (C=O) groups is 2. The zero-order valence-corrected chi connectivity index (χ0v) is 14.5. The molecule has 128 valence electrons. The average Bonchev–Trinajstić information content (AvgIpc) is 3.02. The van der Waals surface area contributed by atoms with E-state index in [1.807, 2.05) is 49.4 Å². The van der Waals surface area contributed by atoms with Crippen LogP contribution in [0.3, 0.4) is 0 Å². The highest BCUT2D eigenvalue weighted by molar-refractivity contribution is 6.45. The van der Waals surface area contributed by atoms with Crippen LogP contribution in [0.2, 0.25) is 0 Å². The number of aromatic amines is 1. The number of amides is 1. The van der Waals surface area contributed by atoms with E-state index in [0.717, 1.165) is 16.6 Å². The van der Waals surface area contributed by atoms with Crippen molar-refractivity contribution in [1.29, 1.82) is 0 Å². The van der Waals surface area contributed by atoms with Gasteiger partial charge in [0.15, 0.2) is 0 Å². The number of rotatable bonds is 5. The molecule has 2 aromatic carbocycles. The van der Waals surface area contributed by atoms with Gasteiger partial charge in [-0.25, -0.2) is 0 Å². The Morgan fingerprint density at radius 1 is 1.12 bits per heavy atom. The first kappa shape index (κ1) is 16.8. The number of fused-ring (bicyclic) bond motifs is 1. The van der Waals surface area contributed by atoms with Gasteiger partial charge in [-0.05, 0) is 30.2 Å². The third-order valence-electron chi connectivity index (χ3n) is 3.97. The molecule has 0 saturated carbocycles. The second kappa shape index (κ2) is 6.81. The van der Waals surface area contributed by atoms with E-state index in [-0.39, 0.29) is 0 Å². The summed E-state index contributed by atoms with van der Waals surface area (Å²) in [6, 6.07) is 13.6. The van der Waals surface area contributed by atoms with Gasteiger partial charge >= 0.3 is 0 Å². The normalized spacial score (nSPS) is 10.7. The molecule has 1 amide bonds. The molecule has 0 aliphatic heterocycles. The number of H-pyrrole nitrogens is 1. The molecule has 5 nitrogen and oxygen atoms in total. The molecule has 0 radical (unpaired) electrons. The van der Waals surface area contributed by atoms with E-state index in [9.17, 15) is 9.59 Å². The molecule has 5 heteroatoms. The lowest BCUT2D eigenvalue weighted by molar-refractivity contribution is -0.124. The van der Waals surface area contributed by atoms with Crippen molar-refractivity contribution in [2.45, 2.75) is 13.5 Å². The van der Waals surface area contributed by atoms with Crippen molar-refractivity contribution >= 4 is 22.6 Å². The molecular weight excluding hydrogens is 316 g/mol. The summed E-state index contributed by atoms with van der Waals surface area (Å²) >= 11 is 0. The minimum Gasteiger partial charge on any atom is -0.488 e. The Kier molecular flexibility index (Phi) is 4.57. The summed E-state index contributed by atoms with van der Waals surface area (Å²) in [7, 11) is 3.12. The van der Waals surface area contributed by atoms with Crippen molar-refractivity contribution in [3.05, 3.63) is 65.4 Å². The maximum Gasteiger partial charge on any atom is 0.294 e. The van der Waals surface area contributed by atoms with Crippen LogP contribution < -0.4 is 4.74 Å². The minimum absolute atomic E-state index is 0.330. The van der Waals surface area contributed by atoms with Crippen molar-refractivity contribution in [3.63, 3.8) is 0 Å². The molecule has 3 aromatic rings. The lowest BCUT2D eigenvalue weighted by Gasteiger charge is -2.11. The second-order valence-corrected chi connectivity index (χ2v) is 6.19. The largest absolute Gasteiger partial charge is 0.488 e. The van der Waals surface area contributed by atoms with Crippen molar-refractivity contribution < 1.29 is 14.3 Å². The predicted octanol–water partition coefficient (Wildman–Crippen LogP) is 3.33. The first-order valence-corrected chi connectivity index (χ1v) is 8.02. The molecule has 0 spiro atoms. The number of nitrogens with one attached hydrogen (secondary N) is 1. The standard InChI is InChI=1S/C20H20N2O3/c1-13-9-16-18(15(11-21-16)19(23)20(24)22(2)3)17(10-13)25-12-14-7-5-4-6-8-14/h4-11,21H,12H2,1-3H3. The van der Waals surface area contributed by atoms with Gasteiger partial charge in [-0.1, -0.05) is 30.3 Å². The van der Waals surface area contributed by atoms with Gasteiger partial charge < -0.3 is 14.6 Å². The third-order valence-corrected chi connectivity index (χ3v) is 3.97. The predicted molar refractivity (Wildman–Crippen MR) is 96.8 cm³/mol. The van der Waals surface area contributed by atoms with E-state index in [1.165, 1.54) is 4.90 Å². The van der Waals surface area contributed by atoms with Crippen molar-refractivity contribution in [1.82, 2.24) is 9.88 Å². The molecule has 25 heavy (non-hydrogen) atoms. The molecule has 1 heterocycles. The van der Waals surface area contributed by atoms with Gasteiger partial charge in [0.05, 0.1) is 16.5 Å². The number of Topliss-reactive ketones (excluding diaryl/α,β-unsaturated/α-hetero) is 1. The van der Waals surface area contributed by atoms with Crippen LogP contribution in [0.5, 0.6) is 5.75 Å². The Hall–Kier alpha value is -3.08. The molecule has 0 aliphatic carbocycles. The van der Waals surface area contributed by atoms with Crippen LogP contribution in [0, 0.1) is 6.92 Å². The van der Waals surface area contributed by atoms with Crippen LogP contribution in [0.25, 0.3) is 10.9 Å².